The second-order valence-corrected chi connectivity index (χ2v) is 6.97. The van der Waals surface area contributed by atoms with E-state index in [1.807, 2.05) is 0 Å². The van der Waals surface area contributed by atoms with E-state index in [1.54, 1.807) is 36.9 Å². The first-order valence-electron chi connectivity index (χ1n) is 9.49. The predicted molar refractivity (Wildman–Crippen MR) is 110 cm³/mol. The van der Waals surface area contributed by atoms with Crippen LogP contribution >= 0.6 is 0 Å². The van der Waals surface area contributed by atoms with E-state index in [0.717, 1.165) is 0 Å². The number of imide groups is 1. The topological polar surface area (TPSA) is 116 Å². The van der Waals surface area contributed by atoms with Gasteiger partial charge in [0.1, 0.15) is 11.5 Å². The lowest BCUT2D eigenvalue weighted by Crippen LogP contribution is -2.35. The zero-order chi connectivity index (χ0) is 22.8. The summed E-state index contributed by atoms with van der Waals surface area (Å²) in [4.78, 5) is 41.3. The van der Waals surface area contributed by atoms with Crippen molar-refractivity contribution in [1.82, 2.24) is 20.0 Å². The van der Waals surface area contributed by atoms with Gasteiger partial charge in [0, 0.05) is 18.8 Å². The number of carbonyl (C=O) groups excluding carboxylic acids is 3. The highest BCUT2D eigenvalue weighted by molar-refractivity contribution is 6.07. The van der Waals surface area contributed by atoms with Crippen molar-refractivity contribution in [1.29, 1.82) is 0 Å². The number of nitrogens with one attached hydrogen (secondary N) is 1. The average molecular weight is 436 g/mol. The molecule has 1 N–H and O–H groups in total. The lowest BCUT2D eigenvalue weighted by molar-refractivity contribution is -0.123. The lowest BCUT2D eigenvalue weighted by Gasteiger charge is -2.08. The monoisotopic (exact) mass is 436 g/mol. The summed E-state index contributed by atoms with van der Waals surface area (Å²) < 4.78 is 25.1. The van der Waals surface area contributed by atoms with Gasteiger partial charge in [0.2, 0.25) is 0 Å². The number of ether oxygens (including phenoxy) is 1. The summed E-state index contributed by atoms with van der Waals surface area (Å²) in [6.07, 6.45) is 1.66. The highest BCUT2D eigenvalue weighted by atomic mass is 19.1. The van der Waals surface area contributed by atoms with Crippen molar-refractivity contribution in [3.8, 4) is 11.3 Å². The maximum atomic E-state index is 13.3. The number of esters is 1. The van der Waals surface area contributed by atoms with Gasteiger partial charge in [-0.3, -0.25) is 14.9 Å². The molecule has 4 aromatic rings. The summed E-state index contributed by atoms with van der Waals surface area (Å²) in [6, 6.07) is 10.2. The maximum absolute atomic E-state index is 13.3. The number of rotatable bonds is 5. The minimum absolute atomic E-state index is 0.0784. The predicted octanol–water partition coefficient (Wildman–Crippen LogP) is 2.79. The number of hydrogen-bond donors (Lipinski definition) is 1. The van der Waals surface area contributed by atoms with Crippen molar-refractivity contribution in [2.45, 2.75) is 6.92 Å². The Morgan fingerprint density at radius 1 is 1.19 bits per heavy atom. The number of carbonyl (C=O) groups is 3. The fraction of sp³-hybridized carbons (Fsp3) is 0.136. The third kappa shape index (κ3) is 4.10. The van der Waals surface area contributed by atoms with Crippen LogP contribution < -0.4 is 5.32 Å². The Morgan fingerprint density at radius 3 is 2.62 bits per heavy atom. The molecule has 9 nitrogen and oxygen atoms in total. The van der Waals surface area contributed by atoms with E-state index < -0.39 is 30.2 Å². The summed E-state index contributed by atoms with van der Waals surface area (Å²) in [7, 11) is 1.66. The van der Waals surface area contributed by atoms with Crippen LogP contribution in [0.15, 0.2) is 53.2 Å². The van der Waals surface area contributed by atoms with E-state index >= 15 is 0 Å². The fourth-order valence-electron chi connectivity index (χ4n) is 3.16. The lowest BCUT2D eigenvalue weighted by atomic mass is 10.1. The zero-order valence-corrected chi connectivity index (χ0v) is 17.1. The number of amides is 2. The molecule has 0 saturated heterocycles. The summed E-state index contributed by atoms with van der Waals surface area (Å²) in [5.41, 5.74) is 1.75. The number of hydrogen-bond acceptors (Lipinski definition) is 7. The van der Waals surface area contributed by atoms with Gasteiger partial charge in [-0.15, -0.1) is 0 Å². The molecule has 0 atom stereocenters. The summed E-state index contributed by atoms with van der Waals surface area (Å²) in [6.45, 7) is 0.960. The molecule has 0 fully saturated rings. The third-order valence-corrected chi connectivity index (χ3v) is 4.74. The average Bonchev–Trinajstić information content (AvgIpc) is 3.37. The summed E-state index contributed by atoms with van der Waals surface area (Å²) in [5, 5.41) is 6.32. The van der Waals surface area contributed by atoms with Crippen LogP contribution in [0, 0.1) is 12.7 Å². The van der Waals surface area contributed by atoms with E-state index in [2.05, 4.69) is 15.5 Å². The minimum atomic E-state index is -0.825. The van der Waals surface area contributed by atoms with Crippen molar-refractivity contribution < 1.29 is 28.0 Å². The molecule has 0 aliphatic heterocycles. The molecule has 10 heteroatoms. The molecular weight excluding hydrogens is 419 g/mol. The first-order valence-corrected chi connectivity index (χ1v) is 9.49. The summed E-state index contributed by atoms with van der Waals surface area (Å²) >= 11 is 0. The van der Waals surface area contributed by atoms with Crippen molar-refractivity contribution >= 4 is 28.9 Å². The summed E-state index contributed by atoms with van der Waals surface area (Å²) in [5.74, 6) is -2.64. The number of fused-ring (bicyclic) bond motifs is 1. The van der Waals surface area contributed by atoms with Gasteiger partial charge < -0.3 is 13.8 Å². The van der Waals surface area contributed by atoms with Gasteiger partial charge in [-0.05, 0) is 49.4 Å². The molecule has 1 aromatic carbocycles. The Bertz CT molecular complexity index is 1340. The van der Waals surface area contributed by atoms with Gasteiger partial charge in [0.05, 0.1) is 22.3 Å². The largest absolute Gasteiger partial charge is 0.452 e. The highest BCUT2D eigenvalue weighted by Gasteiger charge is 2.22. The molecule has 2 amide bonds. The number of halogens is 1. The number of pyridine rings is 1. The molecule has 0 radical (unpaired) electrons. The van der Waals surface area contributed by atoms with Crippen molar-refractivity contribution in [3.05, 3.63) is 71.4 Å². The molecule has 162 valence electrons. The van der Waals surface area contributed by atoms with Gasteiger partial charge in [-0.25, -0.2) is 14.2 Å². The van der Waals surface area contributed by atoms with Crippen LogP contribution in [-0.4, -0.2) is 39.1 Å². The van der Waals surface area contributed by atoms with E-state index in [-0.39, 0.29) is 17.0 Å². The van der Waals surface area contributed by atoms with Crippen LogP contribution in [0.2, 0.25) is 0 Å². The Kier molecular flexibility index (Phi) is 5.50. The van der Waals surface area contributed by atoms with Gasteiger partial charge in [0.25, 0.3) is 17.5 Å². The zero-order valence-electron chi connectivity index (χ0n) is 17.1. The van der Waals surface area contributed by atoms with Crippen LogP contribution in [0.25, 0.3) is 22.4 Å². The highest BCUT2D eigenvalue weighted by Crippen LogP contribution is 2.27. The first-order chi connectivity index (χ1) is 15.3. The molecule has 32 heavy (non-hydrogen) atoms. The van der Waals surface area contributed by atoms with Gasteiger partial charge in [-0.2, -0.15) is 0 Å². The number of nitrogens with zero attached hydrogens (tertiary/aromatic N) is 3. The molecule has 3 heterocycles. The Hall–Kier alpha value is -4.34. The molecule has 0 saturated carbocycles. The van der Waals surface area contributed by atoms with Crippen LogP contribution in [0.5, 0.6) is 0 Å². The smallest absolute Gasteiger partial charge is 0.339 e. The van der Waals surface area contributed by atoms with Crippen LogP contribution in [0.1, 0.15) is 26.5 Å². The molecule has 0 aliphatic rings. The van der Waals surface area contributed by atoms with E-state index in [0.29, 0.717) is 22.3 Å². The second-order valence-electron chi connectivity index (χ2n) is 6.97. The SMILES string of the molecule is Cc1noc2nc(-c3ccc(F)cc3)cc(C(=O)OCC(=O)NC(=O)c3cccn3C)c12. The van der Waals surface area contributed by atoms with Crippen LogP contribution in [0.4, 0.5) is 4.39 Å². The Labute approximate surface area is 180 Å². The molecule has 0 bridgehead atoms. The standard InChI is InChI=1S/C22H17FN4O5/c1-12-19-15(10-16(24-21(19)32-26-12)13-5-7-14(23)8-6-13)22(30)31-11-18(28)25-20(29)17-4-3-9-27(17)2/h3-10H,11H2,1-2H3,(H,25,28,29). The Balaban J connectivity index is 1.54. The van der Waals surface area contributed by atoms with E-state index in [9.17, 15) is 18.8 Å². The van der Waals surface area contributed by atoms with Gasteiger partial charge in [0.15, 0.2) is 6.61 Å². The first kappa shape index (κ1) is 20.9. The number of aryl methyl sites for hydroxylation is 2. The molecule has 3 aromatic heterocycles. The molecule has 4 rings (SSSR count). The fourth-order valence-corrected chi connectivity index (χ4v) is 3.16. The van der Waals surface area contributed by atoms with Gasteiger partial charge in [-0.1, -0.05) is 5.16 Å². The number of aromatic nitrogens is 3. The van der Waals surface area contributed by atoms with Crippen molar-refractivity contribution in [3.63, 3.8) is 0 Å². The number of benzene rings is 1. The maximum Gasteiger partial charge on any atom is 0.339 e. The quantitative estimate of drug-likeness (QED) is 0.478. The van der Waals surface area contributed by atoms with Crippen LogP contribution in [-0.2, 0) is 16.6 Å². The Morgan fingerprint density at radius 2 is 1.94 bits per heavy atom. The van der Waals surface area contributed by atoms with Crippen molar-refractivity contribution in [2.24, 2.45) is 7.05 Å². The van der Waals surface area contributed by atoms with E-state index in [1.165, 1.54) is 30.3 Å². The third-order valence-electron chi connectivity index (χ3n) is 4.74. The second kappa shape index (κ2) is 8.42. The molecule has 0 spiro atoms. The molecule has 0 aliphatic carbocycles. The normalized spacial score (nSPS) is 10.8. The van der Waals surface area contributed by atoms with Crippen molar-refractivity contribution in [2.75, 3.05) is 6.61 Å². The minimum Gasteiger partial charge on any atom is -0.452 e. The van der Waals surface area contributed by atoms with E-state index in [4.69, 9.17) is 9.26 Å². The molecular formula is C22H17FN4O5. The molecule has 0 unspecified atom stereocenters. The van der Waals surface area contributed by atoms with Gasteiger partial charge >= 0.3 is 5.97 Å². The van der Waals surface area contributed by atoms with Crippen LogP contribution in [0.3, 0.4) is 0 Å².